The van der Waals surface area contributed by atoms with Crippen molar-refractivity contribution in [1.82, 2.24) is 0 Å². The number of rotatable bonds is 3. The molecule has 0 aliphatic heterocycles. The lowest BCUT2D eigenvalue weighted by atomic mass is 9.97. The number of aliphatic hydroxyl groups excluding tert-OH is 1. The smallest absolute Gasteiger partial charge is 0.163 e. The third-order valence-corrected chi connectivity index (χ3v) is 2.46. The molecule has 84 valence electrons. The first kappa shape index (κ1) is 11.9. The maximum absolute atomic E-state index is 9.78. The topological polar surface area (TPSA) is 49.7 Å². The highest BCUT2D eigenvalue weighted by molar-refractivity contribution is 5.50. The van der Waals surface area contributed by atoms with Gasteiger partial charge in [0.1, 0.15) is 0 Å². The first-order valence-electron chi connectivity index (χ1n) is 5.06. The molecule has 2 N–H and O–H groups in total. The van der Waals surface area contributed by atoms with Gasteiger partial charge in [-0.15, -0.1) is 0 Å². The number of methoxy groups -OCH3 is 1. The Morgan fingerprint density at radius 3 is 2.20 bits per heavy atom. The fraction of sp³-hybridized carbons (Fsp3) is 0.500. The Kier molecular flexibility index (Phi) is 3.58. The number of aromatic hydroxyl groups is 1. The fourth-order valence-electron chi connectivity index (χ4n) is 1.46. The molecule has 0 spiro atoms. The van der Waals surface area contributed by atoms with Crippen LogP contribution >= 0.6 is 0 Å². The summed E-state index contributed by atoms with van der Waals surface area (Å²) in [6.45, 7) is 5.73. The van der Waals surface area contributed by atoms with Gasteiger partial charge in [0, 0.05) is 5.56 Å². The van der Waals surface area contributed by atoms with E-state index < -0.39 is 6.10 Å². The number of phenols is 1. The number of phenolic OH excluding ortho intramolecular Hbond substituents is 1. The largest absolute Gasteiger partial charge is 0.504 e. The van der Waals surface area contributed by atoms with Crippen LogP contribution in [0, 0.1) is 0 Å². The second-order valence-electron chi connectivity index (χ2n) is 3.99. The van der Waals surface area contributed by atoms with Gasteiger partial charge in [0.15, 0.2) is 11.5 Å². The first-order valence-corrected chi connectivity index (χ1v) is 5.06. The van der Waals surface area contributed by atoms with Crippen molar-refractivity contribution in [3.05, 3.63) is 23.3 Å². The van der Waals surface area contributed by atoms with Crippen LogP contribution in [-0.4, -0.2) is 17.3 Å². The maximum Gasteiger partial charge on any atom is 0.163 e. The molecule has 0 bridgehead atoms. The SMILES string of the molecule is COc1cc(C(C)C)cc(C(C)O)c1O. The van der Waals surface area contributed by atoms with Gasteiger partial charge in [0.25, 0.3) is 0 Å². The van der Waals surface area contributed by atoms with Crippen molar-refractivity contribution in [2.24, 2.45) is 0 Å². The summed E-state index contributed by atoms with van der Waals surface area (Å²) in [4.78, 5) is 0. The van der Waals surface area contributed by atoms with Crippen molar-refractivity contribution in [2.75, 3.05) is 7.11 Å². The minimum absolute atomic E-state index is 0.0249. The molecule has 0 aliphatic rings. The van der Waals surface area contributed by atoms with Gasteiger partial charge >= 0.3 is 0 Å². The summed E-state index contributed by atoms with van der Waals surface area (Å²) in [5, 5.41) is 19.3. The Bertz CT molecular complexity index is 343. The normalized spacial score (nSPS) is 12.9. The molecule has 1 aromatic carbocycles. The Labute approximate surface area is 90.3 Å². The van der Waals surface area contributed by atoms with Crippen LogP contribution in [0.1, 0.15) is 43.9 Å². The first-order chi connectivity index (χ1) is 6.97. The molecule has 0 heterocycles. The zero-order valence-corrected chi connectivity index (χ0v) is 9.61. The van der Waals surface area contributed by atoms with Crippen molar-refractivity contribution >= 4 is 0 Å². The Hall–Kier alpha value is -1.22. The molecule has 0 fully saturated rings. The fourth-order valence-corrected chi connectivity index (χ4v) is 1.46. The Morgan fingerprint density at radius 2 is 1.80 bits per heavy atom. The molecule has 3 heteroatoms. The Morgan fingerprint density at radius 1 is 1.20 bits per heavy atom. The lowest BCUT2D eigenvalue weighted by Gasteiger charge is -2.15. The predicted molar refractivity (Wildman–Crippen MR) is 59.4 cm³/mol. The number of aliphatic hydroxyl groups is 1. The summed E-state index contributed by atoms with van der Waals surface area (Å²) in [5.74, 6) is 0.769. The number of benzene rings is 1. The lowest BCUT2D eigenvalue weighted by Crippen LogP contribution is -1.98. The molecule has 1 atom stereocenters. The number of ether oxygens (including phenoxy) is 1. The van der Waals surface area contributed by atoms with E-state index in [2.05, 4.69) is 13.8 Å². The van der Waals surface area contributed by atoms with Gasteiger partial charge < -0.3 is 14.9 Å². The molecule has 1 aromatic rings. The molecule has 0 saturated carbocycles. The van der Waals surface area contributed by atoms with Crippen LogP contribution in [-0.2, 0) is 0 Å². The van der Waals surface area contributed by atoms with Gasteiger partial charge in [-0.05, 0) is 30.5 Å². The van der Waals surface area contributed by atoms with E-state index in [1.54, 1.807) is 13.0 Å². The standard InChI is InChI=1S/C12H18O3/c1-7(2)9-5-10(8(3)13)12(14)11(6-9)15-4/h5-8,13-14H,1-4H3. The average molecular weight is 210 g/mol. The van der Waals surface area contributed by atoms with Crippen LogP contribution in [0.25, 0.3) is 0 Å². The van der Waals surface area contributed by atoms with E-state index >= 15 is 0 Å². The molecule has 15 heavy (non-hydrogen) atoms. The van der Waals surface area contributed by atoms with Gasteiger partial charge in [-0.2, -0.15) is 0 Å². The van der Waals surface area contributed by atoms with Gasteiger partial charge in [-0.1, -0.05) is 13.8 Å². The summed E-state index contributed by atoms with van der Waals surface area (Å²) in [6, 6.07) is 3.61. The van der Waals surface area contributed by atoms with Crippen molar-refractivity contribution < 1.29 is 14.9 Å². The van der Waals surface area contributed by atoms with E-state index in [9.17, 15) is 10.2 Å². The zero-order chi connectivity index (χ0) is 11.6. The summed E-state index contributed by atoms with van der Waals surface area (Å²) in [6.07, 6.45) is -0.697. The van der Waals surface area contributed by atoms with Crippen LogP contribution in [0.5, 0.6) is 11.5 Å². The molecule has 3 nitrogen and oxygen atoms in total. The Balaban J connectivity index is 3.32. The highest BCUT2D eigenvalue weighted by Crippen LogP contribution is 2.36. The van der Waals surface area contributed by atoms with Crippen LogP contribution in [0.4, 0.5) is 0 Å². The summed E-state index contributed by atoms with van der Waals surface area (Å²) in [5.41, 5.74) is 1.55. The zero-order valence-electron chi connectivity index (χ0n) is 9.61. The quantitative estimate of drug-likeness (QED) is 0.806. The van der Waals surface area contributed by atoms with Gasteiger partial charge in [0.05, 0.1) is 13.2 Å². The molecule has 0 aliphatic carbocycles. The molecule has 0 amide bonds. The van der Waals surface area contributed by atoms with E-state index in [-0.39, 0.29) is 5.75 Å². The maximum atomic E-state index is 9.78. The molecule has 0 radical (unpaired) electrons. The summed E-state index contributed by atoms with van der Waals surface area (Å²) >= 11 is 0. The second-order valence-corrected chi connectivity index (χ2v) is 3.99. The third-order valence-electron chi connectivity index (χ3n) is 2.46. The molecule has 0 aromatic heterocycles. The molecular formula is C12H18O3. The summed E-state index contributed by atoms with van der Waals surface area (Å²) in [7, 11) is 1.50. The average Bonchev–Trinajstić information content (AvgIpc) is 2.17. The molecule has 0 saturated heterocycles. The number of hydrogen-bond acceptors (Lipinski definition) is 3. The van der Waals surface area contributed by atoms with Crippen molar-refractivity contribution in [3.8, 4) is 11.5 Å². The molecule has 1 rings (SSSR count). The van der Waals surface area contributed by atoms with Crippen LogP contribution in [0.2, 0.25) is 0 Å². The van der Waals surface area contributed by atoms with E-state index in [0.717, 1.165) is 5.56 Å². The van der Waals surface area contributed by atoms with Crippen LogP contribution in [0.15, 0.2) is 12.1 Å². The van der Waals surface area contributed by atoms with Crippen molar-refractivity contribution in [1.29, 1.82) is 0 Å². The second kappa shape index (κ2) is 4.53. The van der Waals surface area contributed by atoms with E-state index in [1.165, 1.54) is 7.11 Å². The predicted octanol–water partition coefficient (Wildman–Crippen LogP) is 2.58. The highest BCUT2D eigenvalue weighted by Gasteiger charge is 2.15. The van der Waals surface area contributed by atoms with Gasteiger partial charge in [0.2, 0.25) is 0 Å². The monoisotopic (exact) mass is 210 g/mol. The van der Waals surface area contributed by atoms with E-state index in [0.29, 0.717) is 17.2 Å². The third kappa shape index (κ3) is 2.42. The van der Waals surface area contributed by atoms with Crippen LogP contribution < -0.4 is 4.74 Å². The number of hydrogen-bond donors (Lipinski definition) is 2. The minimum Gasteiger partial charge on any atom is -0.504 e. The molecule has 1 unspecified atom stereocenters. The summed E-state index contributed by atoms with van der Waals surface area (Å²) < 4.78 is 5.07. The van der Waals surface area contributed by atoms with Crippen molar-refractivity contribution in [2.45, 2.75) is 32.8 Å². The molecular weight excluding hydrogens is 192 g/mol. The lowest BCUT2D eigenvalue weighted by molar-refractivity contribution is 0.193. The van der Waals surface area contributed by atoms with E-state index in [4.69, 9.17) is 4.74 Å². The highest BCUT2D eigenvalue weighted by atomic mass is 16.5. The minimum atomic E-state index is -0.697. The van der Waals surface area contributed by atoms with Gasteiger partial charge in [-0.25, -0.2) is 0 Å². The van der Waals surface area contributed by atoms with Crippen molar-refractivity contribution in [3.63, 3.8) is 0 Å². The van der Waals surface area contributed by atoms with Gasteiger partial charge in [-0.3, -0.25) is 0 Å². The van der Waals surface area contributed by atoms with Crippen LogP contribution in [0.3, 0.4) is 0 Å². The van der Waals surface area contributed by atoms with E-state index in [1.807, 2.05) is 6.07 Å².